The number of aliphatic hydroxyl groups excluding tert-OH is 1. The highest BCUT2D eigenvalue weighted by atomic mass is 16.4. The van der Waals surface area contributed by atoms with Crippen molar-refractivity contribution in [3.05, 3.63) is 11.6 Å². The van der Waals surface area contributed by atoms with E-state index < -0.39 is 18.0 Å². The first-order chi connectivity index (χ1) is 6.61. The second-order valence-corrected chi connectivity index (χ2v) is 4.00. The molecule has 0 spiro atoms. The zero-order valence-corrected chi connectivity index (χ0v) is 8.57. The Labute approximate surface area is 84.4 Å². The predicted octanol–water partition coefficient (Wildman–Crippen LogP) is 1.96. The molecule has 0 saturated heterocycles. The minimum Gasteiger partial charge on any atom is -0.481 e. The van der Waals surface area contributed by atoms with E-state index in [1.807, 2.05) is 0 Å². The molecule has 0 heterocycles. The highest BCUT2D eigenvalue weighted by Gasteiger charge is 2.20. The van der Waals surface area contributed by atoms with E-state index in [9.17, 15) is 9.90 Å². The monoisotopic (exact) mass is 198 g/mol. The van der Waals surface area contributed by atoms with Crippen LogP contribution in [0.25, 0.3) is 0 Å². The topological polar surface area (TPSA) is 57.5 Å². The summed E-state index contributed by atoms with van der Waals surface area (Å²) in [6.45, 7) is 1.53. The fourth-order valence-electron chi connectivity index (χ4n) is 1.70. The Balaban J connectivity index is 2.52. The van der Waals surface area contributed by atoms with Gasteiger partial charge < -0.3 is 10.2 Å². The summed E-state index contributed by atoms with van der Waals surface area (Å²) in [4.78, 5) is 10.6. The van der Waals surface area contributed by atoms with Gasteiger partial charge in [-0.1, -0.05) is 18.1 Å². The molecule has 1 rings (SSSR count). The molecule has 0 aromatic carbocycles. The number of carboxylic acids is 1. The van der Waals surface area contributed by atoms with Gasteiger partial charge in [0.25, 0.3) is 0 Å². The van der Waals surface area contributed by atoms with E-state index >= 15 is 0 Å². The minimum absolute atomic E-state index is 0.704. The molecule has 0 bridgehead atoms. The van der Waals surface area contributed by atoms with Crippen LogP contribution in [0.3, 0.4) is 0 Å². The molecule has 1 fully saturated rings. The average molecular weight is 198 g/mol. The smallest absolute Gasteiger partial charge is 0.309 e. The van der Waals surface area contributed by atoms with Gasteiger partial charge >= 0.3 is 5.97 Å². The normalized spacial score (nSPS) is 21.4. The third-order valence-corrected chi connectivity index (χ3v) is 2.80. The highest BCUT2D eigenvalue weighted by molar-refractivity contribution is 5.70. The fourth-order valence-corrected chi connectivity index (χ4v) is 1.70. The Hall–Kier alpha value is -0.830. The molecule has 1 aliphatic carbocycles. The third kappa shape index (κ3) is 3.14. The fraction of sp³-hybridized carbons (Fsp3) is 0.727. The van der Waals surface area contributed by atoms with Crippen LogP contribution in [0.2, 0.25) is 0 Å². The van der Waals surface area contributed by atoms with Crippen molar-refractivity contribution in [2.75, 3.05) is 0 Å². The van der Waals surface area contributed by atoms with E-state index in [-0.39, 0.29) is 0 Å². The molecular formula is C11H18O3. The van der Waals surface area contributed by atoms with Crippen LogP contribution in [0.4, 0.5) is 0 Å². The van der Waals surface area contributed by atoms with Gasteiger partial charge in [0.1, 0.15) is 0 Å². The molecule has 0 aromatic heterocycles. The van der Waals surface area contributed by atoms with Gasteiger partial charge in [0.15, 0.2) is 0 Å². The molecule has 2 N–H and O–H groups in total. The molecule has 3 heteroatoms. The number of rotatable bonds is 3. The van der Waals surface area contributed by atoms with Crippen molar-refractivity contribution >= 4 is 5.97 Å². The molecule has 3 nitrogen and oxygen atoms in total. The minimum atomic E-state index is -0.940. The summed E-state index contributed by atoms with van der Waals surface area (Å²) in [6.07, 6.45) is 6.52. The molecule has 80 valence electrons. The van der Waals surface area contributed by atoms with Gasteiger partial charge in [-0.05, 0) is 32.6 Å². The first kappa shape index (κ1) is 11.2. The number of aliphatic carboxylic acids is 1. The van der Waals surface area contributed by atoms with Crippen LogP contribution in [0.5, 0.6) is 0 Å². The molecule has 0 amide bonds. The Morgan fingerprint density at radius 1 is 1.36 bits per heavy atom. The van der Waals surface area contributed by atoms with E-state index in [0.717, 1.165) is 12.8 Å². The van der Waals surface area contributed by atoms with Gasteiger partial charge in [0.2, 0.25) is 0 Å². The van der Waals surface area contributed by atoms with Crippen LogP contribution in [0, 0.1) is 5.92 Å². The lowest BCUT2D eigenvalue weighted by molar-refractivity contribution is -0.143. The van der Waals surface area contributed by atoms with Gasteiger partial charge in [-0.2, -0.15) is 0 Å². The van der Waals surface area contributed by atoms with E-state index in [4.69, 9.17) is 5.11 Å². The van der Waals surface area contributed by atoms with Gasteiger partial charge in [-0.3, -0.25) is 4.79 Å². The van der Waals surface area contributed by atoms with Gasteiger partial charge in [0.05, 0.1) is 12.0 Å². The van der Waals surface area contributed by atoms with E-state index in [2.05, 4.69) is 0 Å². The van der Waals surface area contributed by atoms with Crippen molar-refractivity contribution in [3.63, 3.8) is 0 Å². The molecule has 2 unspecified atom stereocenters. The van der Waals surface area contributed by atoms with Crippen LogP contribution in [-0.4, -0.2) is 22.3 Å². The number of allylic oxidation sites excluding steroid dienone is 1. The number of carbonyl (C=O) groups is 1. The van der Waals surface area contributed by atoms with E-state index in [1.54, 1.807) is 6.08 Å². The van der Waals surface area contributed by atoms with Gasteiger partial charge in [0, 0.05) is 0 Å². The van der Waals surface area contributed by atoms with Crippen molar-refractivity contribution in [1.82, 2.24) is 0 Å². The van der Waals surface area contributed by atoms with Crippen molar-refractivity contribution in [3.8, 4) is 0 Å². The van der Waals surface area contributed by atoms with E-state index in [1.165, 1.54) is 31.8 Å². The average Bonchev–Trinajstić information content (AvgIpc) is 2.18. The maximum Gasteiger partial charge on any atom is 0.309 e. The first-order valence-corrected chi connectivity index (χ1v) is 5.21. The van der Waals surface area contributed by atoms with E-state index in [0.29, 0.717) is 0 Å². The summed E-state index contributed by atoms with van der Waals surface area (Å²) in [5.41, 5.74) is 1.22. The summed E-state index contributed by atoms with van der Waals surface area (Å²) < 4.78 is 0. The second kappa shape index (κ2) is 5.15. The zero-order chi connectivity index (χ0) is 10.6. The first-order valence-electron chi connectivity index (χ1n) is 5.21. The summed E-state index contributed by atoms with van der Waals surface area (Å²) in [5.74, 6) is -1.64. The van der Waals surface area contributed by atoms with Crippen LogP contribution in [0.1, 0.15) is 39.0 Å². The molecule has 0 aliphatic heterocycles. The maximum atomic E-state index is 10.6. The summed E-state index contributed by atoms with van der Waals surface area (Å²) >= 11 is 0. The molecule has 1 aliphatic rings. The van der Waals surface area contributed by atoms with Gasteiger partial charge in [-0.15, -0.1) is 0 Å². The highest BCUT2D eigenvalue weighted by Crippen LogP contribution is 2.24. The Bertz CT molecular complexity index is 225. The van der Waals surface area contributed by atoms with Crippen LogP contribution < -0.4 is 0 Å². The molecule has 14 heavy (non-hydrogen) atoms. The van der Waals surface area contributed by atoms with Crippen molar-refractivity contribution in [2.45, 2.75) is 45.1 Å². The summed E-state index contributed by atoms with van der Waals surface area (Å²) in [5, 5.41) is 18.3. The number of aliphatic hydroxyl groups is 1. The molecule has 1 saturated carbocycles. The Morgan fingerprint density at radius 2 is 1.93 bits per heavy atom. The lowest BCUT2D eigenvalue weighted by Gasteiger charge is -2.17. The Kier molecular flexibility index (Phi) is 4.14. The largest absolute Gasteiger partial charge is 0.481 e. The molecule has 0 radical (unpaired) electrons. The lowest BCUT2D eigenvalue weighted by atomic mass is 9.92. The van der Waals surface area contributed by atoms with Crippen LogP contribution in [-0.2, 0) is 4.79 Å². The van der Waals surface area contributed by atoms with Gasteiger partial charge in [-0.25, -0.2) is 0 Å². The summed E-state index contributed by atoms with van der Waals surface area (Å²) in [6, 6.07) is 0. The SMILES string of the molecule is CC(C(=O)O)C(O)C=C1CCCCC1. The number of carboxylic acid groups (broad SMARTS) is 1. The van der Waals surface area contributed by atoms with Crippen molar-refractivity contribution < 1.29 is 15.0 Å². The third-order valence-electron chi connectivity index (χ3n) is 2.80. The van der Waals surface area contributed by atoms with Crippen LogP contribution in [0.15, 0.2) is 11.6 Å². The predicted molar refractivity (Wildman–Crippen MR) is 54.0 cm³/mol. The maximum absolute atomic E-state index is 10.6. The van der Waals surface area contributed by atoms with Crippen molar-refractivity contribution in [1.29, 1.82) is 0 Å². The molecular weight excluding hydrogens is 180 g/mol. The van der Waals surface area contributed by atoms with Crippen molar-refractivity contribution in [2.24, 2.45) is 5.92 Å². The quantitative estimate of drug-likeness (QED) is 0.681. The molecule has 0 aromatic rings. The Morgan fingerprint density at radius 3 is 2.43 bits per heavy atom. The number of hydrogen-bond donors (Lipinski definition) is 2. The standard InChI is InChI=1S/C11H18O3/c1-8(11(13)14)10(12)7-9-5-3-2-4-6-9/h7-8,10,12H,2-6H2,1H3,(H,13,14). The zero-order valence-electron chi connectivity index (χ0n) is 8.57. The van der Waals surface area contributed by atoms with Crippen LogP contribution >= 0.6 is 0 Å². The summed E-state index contributed by atoms with van der Waals surface area (Å²) in [7, 11) is 0. The molecule has 2 atom stereocenters. The second-order valence-electron chi connectivity index (χ2n) is 4.00. The number of hydrogen-bond acceptors (Lipinski definition) is 2. The lowest BCUT2D eigenvalue weighted by Crippen LogP contribution is -2.24.